The van der Waals surface area contributed by atoms with E-state index in [9.17, 15) is 9.50 Å². The summed E-state index contributed by atoms with van der Waals surface area (Å²) in [7, 11) is 0. The number of nitrogens with one attached hydrogen (secondary N) is 2. The fraction of sp³-hybridized carbons (Fsp3) is 0.611. The third-order valence-electron chi connectivity index (χ3n) is 3.66. The van der Waals surface area contributed by atoms with Crippen molar-refractivity contribution in [2.45, 2.75) is 40.2 Å². The van der Waals surface area contributed by atoms with Gasteiger partial charge in [0.1, 0.15) is 5.82 Å². The first kappa shape index (κ1) is 20.9. The van der Waals surface area contributed by atoms with Crippen LogP contribution in [0.3, 0.4) is 0 Å². The lowest BCUT2D eigenvalue weighted by molar-refractivity contribution is 0.243. The summed E-state index contributed by atoms with van der Waals surface area (Å²) in [4.78, 5) is 4.47. The van der Waals surface area contributed by atoms with Crippen LogP contribution in [-0.4, -0.2) is 30.8 Å². The molecule has 0 aromatic heterocycles. The molecule has 0 amide bonds. The fourth-order valence-electron chi connectivity index (χ4n) is 2.56. The van der Waals surface area contributed by atoms with Crippen molar-refractivity contribution in [3.63, 3.8) is 0 Å². The Kier molecular flexibility index (Phi) is 9.95. The second kappa shape index (κ2) is 11.4. The van der Waals surface area contributed by atoms with Crippen LogP contribution in [0.4, 0.5) is 4.39 Å². The highest BCUT2D eigenvalue weighted by molar-refractivity contribution is 9.10. The van der Waals surface area contributed by atoms with E-state index in [1.54, 1.807) is 12.1 Å². The molecule has 6 heteroatoms. The fourth-order valence-corrected chi connectivity index (χ4v) is 2.97. The molecule has 0 spiro atoms. The highest BCUT2D eigenvalue weighted by atomic mass is 79.9. The van der Waals surface area contributed by atoms with Gasteiger partial charge in [-0.05, 0) is 49.8 Å². The Morgan fingerprint density at radius 2 is 2.08 bits per heavy atom. The normalized spacial score (nSPS) is 13.2. The minimum Gasteiger partial charge on any atom is -0.396 e. The van der Waals surface area contributed by atoms with Gasteiger partial charge in [0.15, 0.2) is 5.96 Å². The van der Waals surface area contributed by atoms with E-state index in [1.165, 1.54) is 6.07 Å². The van der Waals surface area contributed by atoms with Gasteiger partial charge in [-0.1, -0.05) is 29.8 Å². The molecule has 1 aromatic rings. The Hall–Kier alpha value is -1.14. The monoisotopic (exact) mass is 401 g/mol. The Bertz CT molecular complexity index is 523. The number of aliphatic hydroxyl groups is 1. The van der Waals surface area contributed by atoms with Crippen LogP contribution in [0.2, 0.25) is 0 Å². The highest BCUT2D eigenvalue weighted by Crippen LogP contribution is 2.16. The molecule has 1 atom stereocenters. The zero-order valence-corrected chi connectivity index (χ0v) is 16.4. The van der Waals surface area contributed by atoms with Crippen molar-refractivity contribution in [2.75, 3.05) is 19.7 Å². The third kappa shape index (κ3) is 8.11. The molecular formula is C18H29BrFN3O. The van der Waals surface area contributed by atoms with E-state index in [2.05, 4.69) is 45.4 Å². The lowest BCUT2D eigenvalue weighted by atomic mass is 9.94. The number of aliphatic imine (C=N–C) groups is 1. The van der Waals surface area contributed by atoms with Crippen LogP contribution >= 0.6 is 15.9 Å². The van der Waals surface area contributed by atoms with Crippen LogP contribution in [0, 0.1) is 17.7 Å². The van der Waals surface area contributed by atoms with Gasteiger partial charge < -0.3 is 15.7 Å². The minimum absolute atomic E-state index is 0.190. The zero-order valence-electron chi connectivity index (χ0n) is 14.8. The van der Waals surface area contributed by atoms with Crippen LogP contribution in [0.1, 0.15) is 39.2 Å². The molecule has 3 N–H and O–H groups in total. The molecule has 0 fully saturated rings. The van der Waals surface area contributed by atoms with Gasteiger partial charge in [0.05, 0.1) is 6.54 Å². The maximum Gasteiger partial charge on any atom is 0.191 e. The second-order valence-electron chi connectivity index (χ2n) is 6.32. The van der Waals surface area contributed by atoms with Gasteiger partial charge in [0.2, 0.25) is 0 Å². The SMILES string of the molecule is CCNC(=NCc1cc(Br)ccc1F)NCC(CCO)CC(C)C. The Morgan fingerprint density at radius 1 is 1.33 bits per heavy atom. The number of rotatable bonds is 9. The summed E-state index contributed by atoms with van der Waals surface area (Å²) in [6.45, 7) is 8.30. The Labute approximate surface area is 153 Å². The first-order valence-corrected chi connectivity index (χ1v) is 9.32. The molecule has 0 aliphatic carbocycles. The quantitative estimate of drug-likeness (QED) is 0.436. The molecule has 1 aromatic carbocycles. The van der Waals surface area contributed by atoms with E-state index in [1.807, 2.05) is 6.92 Å². The van der Waals surface area contributed by atoms with Gasteiger partial charge in [-0.3, -0.25) is 0 Å². The van der Waals surface area contributed by atoms with Crippen LogP contribution < -0.4 is 10.6 Å². The summed E-state index contributed by atoms with van der Waals surface area (Å²) >= 11 is 3.35. The van der Waals surface area contributed by atoms with Crippen LogP contribution in [0.15, 0.2) is 27.7 Å². The van der Waals surface area contributed by atoms with Crippen molar-refractivity contribution in [1.82, 2.24) is 10.6 Å². The Balaban J connectivity index is 2.69. The van der Waals surface area contributed by atoms with E-state index in [0.29, 0.717) is 23.4 Å². The molecule has 0 bridgehead atoms. The van der Waals surface area contributed by atoms with E-state index in [0.717, 1.165) is 30.4 Å². The minimum atomic E-state index is -0.254. The first-order valence-electron chi connectivity index (χ1n) is 8.53. The summed E-state index contributed by atoms with van der Waals surface area (Å²) in [5, 5.41) is 15.7. The molecule has 136 valence electrons. The highest BCUT2D eigenvalue weighted by Gasteiger charge is 2.11. The summed E-state index contributed by atoms with van der Waals surface area (Å²) in [5.41, 5.74) is 0.552. The molecule has 0 saturated carbocycles. The average Bonchev–Trinajstić information content (AvgIpc) is 2.52. The van der Waals surface area contributed by atoms with Crippen molar-refractivity contribution in [3.05, 3.63) is 34.1 Å². The van der Waals surface area contributed by atoms with Crippen LogP contribution in [0.5, 0.6) is 0 Å². The second-order valence-corrected chi connectivity index (χ2v) is 7.24. The van der Waals surface area contributed by atoms with Crippen molar-refractivity contribution >= 4 is 21.9 Å². The molecule has 1 rings (SSSR count). The first-order chi connectivity index (χ1) is 11.5. The number of nitrogens with zero attached hydrogens (tertiary/aromatic N) is 1. The molecule has 1 unspecified atom stereocenters. The molecule has 0 aliphatic heterocycles. The van der Waals surface area contributed by atoms with Crippen molar-refractivity contribution in [3.8, 4) is 0 Å². The van der Waals surface area contributed by atoms with Gasteiger partial charge in [0.25, 0.3) is 0 Å². The van der Waals surface area contributed by atoms with Gasteiger partial charge in [-0.15, -0.1) is 0 Å². The zero-order chi connectivity index (χ0) is 17.9. The van der Waals surface area contributed by atoms with E-state index >= 15 is 0 Å². The van der Waals surface area contributed by atoms with Gasteiger partial charge in [-0.25, -0.2) is 9.38 Å². The number of halogens is 2. The van der Waals surface area contributed by atoms with E-state index in [4.69, 9.17) is 0 Å². The molecule has 4 nitrogen and oxygen atoms in total. The number of hydrogen-bond donors (Lipinski definition) is 3. The molecule has 0 heterocycles. The summed E-state index contributed by atoms with van der Waals surface area (Å²) < 4.78 is 14.6. The number of guanidine groups is 1. The van der Waals surface area contributed by atoms with Gasteiger partial charge >= 0.3 is 0 Å². The summed E-state index contributed by atoms with van der Waals surface area (Å²) in [6, 6.07) is 4.86. The maximum atomic E-state index is 13.8. The maximum absolute atomic E-state index is 13.8. The molecular weight excluding hydrogens is 373 g/mol. The van der Waals surface area contributed by atoms with Crippen molar-refractivity contribution < 1.29 is 9.50 Å². The Morgan fingerprint density at radius 3 is 2.71 bits per heavy atom. The number of aliphatic hydroxyl groups excluding tert-OH is 1. The average molecular weight is 402 g/mol. The predicted octanol–water partition coefficient (Wildman–Crippen LogP) is 3.69. The van der Waals surface area contributed by atoms with E-state index < -0.39 is 0 Å². The van der Waals surface area contributed by atoms with Crippen molar-refractivity contribution in [1.29, 1.82) is 0 Å². The lowest BCUT2D eigenvalue weighted by Crippen LogP contribution is -2.40. The largest absolute Gasteiger partial charge is 0.396 e. The third-order valence-corrected chi connectivity index (χ3v) is 4.15. The number of benzene rings is 1. The molecule has 0 radical (unpaired) electrons. The standard InChI is InChI=1S/C18H29BrFN3O/c1-4-21-18(22-11-14(7-8-24)9-13(2)3)23-12-15-10-16(19)5-6-17(15)20/h5-6,10,13-14,24H,4,7-9,11-12H2,1-3H3,(H2,21,22,23). The molecule has 0 aliphatic rings. The molecule has 0 saturated heterocycles. The topological polar surface area (TPSA) is 56.7 Å². The van der Waals surface area contributed by atoms with Crippen LogP contribution in [0.25, 0.3) is 0 Å². The smallest absolute Gasteiger partial charge is 0.191 e. The molecule has 24 heavy (non-hydrogen) atoms. The summed E-state index contributed by atoms with van der Waals surface area (Å²) in [5.74, 6) is 1.39. The van der Waals surface area contributed by atoms with Gasteiger partial charge in [-0.2, -0.15) is 0 Å². The van der Waals surface area contributed by atoms with Crippen LogP contribution in [-0.2, 0) is 6.54 Å². The lowest BCUT2D eigenvalue weighted by Gasteiger charge is -2.20. The van der Waals surface area contributed by atoms with Gasteiger partial charge in [0, 0.05) is 29.7 Å². The van der Waals surface area contributed by atoms with E-state index in [-0.39, 0.29) is 19.0 Å². The summed E-state index contributed by atoms with van der Waals surface area (Å²) in [6.07, 6.45) is 1.82. The predicted molar refractivity (Wildman–Crippen MR) is 102 cm³/mol. The number of hydrogen-bond acceptors (Lipinski definition) is 2. The van der Waals surface area contributed by atoms with Crippen molar-refractivity contribution in [2.24, 2.45) is 16.8 Å².